The smallest absolute Gasteiger partial charge is 0.323 e. The van der Waals surface area contributed by atoms with E-state index in [4.69, 9.17) is 4.74 Å². The Morgan fingerprint density at radius 2 is 1.44 bits per heavy atom. The topological polar surface area (TPSA) is 77.1 Å². The Bertz CT molecular complexity index is 1020. The third-order valence-corrected chi connectivity index (χ3v) is 5.50. The summed E-state index contributed by atoms with van der Waals surface area (Å²) in [5.41, 5.74) is 2.38. The first kappa shape index (κ1) is 21.7. The molecule has 0 saturated carbocycles. The van der Waals surface area contributed by atoms with Gasteiger partial charge in [-0.05, 0) is 74.8 Å². The summed E-state index contributed by atoms with van der Waals surface area (Å²) in [6.07, 6.45) is -0.377. The van der Waals surface area contributed by atoms with Crippen LogP contribution in [-0.4, -0.2) is 55.4 Å². The Kier molecular flexibility index (Phi) is 6.58. The number of aliphatic hydroxyl groups excluding tert-OH is 1. The summed E-state index contributed by atoms with van der Waals surface area (Å²) in [4.78, 5) is 16.6. The molecule has 3 N–H and O–H groups in total. The number of β-amino-alcohol motifs (C(OH)–C–C–N with tert-alkyl or cyclic N) is 1. The lowest BCUT2D eigenvalue weighted by Crippen LogP contribution is -2.37. The van der Waals surface area contributed by atoms with Gasteiger partial charge in [0.2, 0.25) is 0 Å². The number of hydrogen-bond donors (Lipinski definition) is 3. The Balaban J connectivity index is 1.29. The molecule has 3 aromatic carbocycles. The zero-order valence-corrected chi connectivity index (χ0v) is 18.2. The highest BCUT2D eigenvalue weighted by atomic mass is 16.5. The van der Waals surface area contributed by atoms with Crippen molar-refractivity contribution in [2.45, 2.75) is 12.1 Å². The van der Waals surface area contributed by atoms with Gasteiger partial charge in [0, 0.05) is 30.2 Å². The molecule has 32 heavy (non-hydrogen) atoms. The number of anilines is 3. The standard InChI is InChI=1S/C25H28N4O3/c1-28(2)23-16-29(17-24(23)30)20-12-8-18(9-13-20)26-25(31)27-19-10-14-22(15-11-19)32-21-6-4-3-5-7-21/h3-15,23-24,30H,16-17H2,1-2H3,(H2,26,27,31). The van der Waals surface area contributed by atoms with Gasteiger partial charge >= 0.3 is 6.03 Å². The fourth-order valence-electron chi connectivity index (χ4n) is 3.77. The number of hydrogen-bond acceptors (Lipinski definition) is 5. The summed E-state index contributed by atoms with van der Waals surface area (Å²) >= 11 is 0. The van der Waals surface area contributed by atoms with Gasteiger partial charge in [0.1, 0.15) is 11.5 Å². The molecule has 1 saturated heterocycles. The summed E-state index contributed by atoms with van der Waals surface area (Å²) in [5, 5.41) is 15.9. The number of urea groups is 1. The zero-order valence-electron chi connectivity index (χ0n) is 18.2. The van der Waals surface area contributed by atoms with Crippen molar-refractivity contribution in [2.75, 3.05) is 42.7 Å². The number of carbonyl (C=O) groups is 1. The van der Waals surface area contributed by atoms with Crippen molar-refractivity contribution in [1.82, 2.24) is 4.90 Å². The summed E-state index contributed by atoms with van der Waals surface area (Å²) in [7, 11) is 3.96. The van der Waals surface area contributed by atoms with Crippen LogP contribution < -0.4 is 20.3 Å². The SMILES string of the molecule is CN(C)C1CN(c2ccc(NC(=O)Nc3ccc(Oc4ccccc4)cc3)cc2)CC1O. The second kappa shape index (κ2) is 9.72. The Hall–Kier alpha value is -3.55. The quantitative estimate of drug-likeness (QED) is 0.543. The van der Waals surface area contributed by atoms with Crippen LogP contribution in [0.2, 0.25) is 0 Å². The van der Waals surface area contributed by atoms with Gasteiger partial charge in [-0.3, -0.25) is 0 Å². The number of rotatable bonds is 6. The molecule has 4 rings (SSSR count). The van der Waals surface area contributed by atoms with Gasteiger partial charge in [0.25, 0.3) is 0 Å². The number of aliphatic hydroxyl groups is 1. The predicted molar refractivity (Wildman–Crippen MR) is 128 cm³/mol. The van der Waals surface area contributed by atoms with Crippen LogP contribution in [0.4, 0.5) is 21.9 Å². The van der Waals surface area contributed by atoms with Crippen LogP contribution in [0.1, 0.15) is 0 Å². The average molecular weight is 433 g/mol. The van der Waals surface area contributed by atoms with Crippen LogP contribution in [0.3, 0.4) is 0 Å². The molecule has 7 heteroatoms. The average Bonchev–Trinajstić information content (AvgIpc) is 3.18. The second-order valence-electron chi connectivity index (χ2n) is 8.07. The van der Waals surface area contributed by atoms with E-state index in [1.807, 2.05) is 85.7 Å². The van der Waals surface area contributed by atoms with Crippen molar-refractivity contribution in [3.05, 3.63) is 78.9 Å². The number of carbonyl (C=O) groups excluding carboxylic acids is 1. The number of likely N-dealkylation sites (N-methyl/N-ethyl adjacent to an activating group) is 1. The number of ether oxygens (including phenoxy) is 1. The van der Waals surface area contributed by atoms with Crippen LogP contribution in [0.5, 0.6) is 11.5 Å². The van der Waals surface area contributed by atoms with E-state index in [1.54, 1.807) is 12.1 Å². The van der Waals surface area contributed by atoms with Gasteiger partial charge in [0.15, 0.2) is 0 Å². The largest absolute Gasteiger partial charge is 0.457 e. The third-order valence-electron chi connectivity index (χ3n) is 5.50. The molecule has 7 nitrogen and oxygen atoms in total. The van der Waals surface area contributed by atoms with Crippen LogP contribution in [-0.2, 0) is 0 Å². The number of amides is 2. The summed E-state index contributed by atoms with van der Waals surface area (Å²) in [5.74, 6) is 1.45. The normalized spacial score (nSPS) is 17.9. The number of para-hydroxylation sites is 1. The van der Waals surface area contributed by atoms with E-state index >= 15 is 0 Å². The van der Waals surface area contributed by atoms with Gasteiger partial charge in [-0.25, -0.2) is 4.79 Å². The maximum Gasteiger partial charge on any atom is 0.323 e. The van der Waals surface area contributed by atoms with Crippen LogP contribution >= 0.6 is 0 Å². The molecule has 0 aliphatic carbocycles. The van der Waals surface area contributed by atoms with Gasteiger partial charge in [-0.1, -0.05) is 18.2 Å². The molecule has 0 bridgehead atoms. The van der Waals surface area contributed by atoms with E-state index < -0.39 is 0 Å². The summed E-state index contributed by atoms with van der Waals surface area (Å²) in [6, 6.07) is 24.2. The summed E-state index contributed by atoms with van der Waals surface area (Å²) < 4.78 is 5.76. The molecule has 3 aromatic rings. The van der Waals surface area contributed by atoms with Crippen LogP contribution in [0, 0.1) is 0 Å². The Labute approximate surface area is 188 Å². The van der Waals surface area contributed by atoms with Gasteiger partial charge in [-0.15, -0.1) is 0 Å². The van der Waals surface area contributed by atoms with E-state index in [0.717, 1.165) is 18.0 Å². The molecule has 2 amide bonds. The fraction of sp³-hybridized carbons (Fsp3) is 0.240. The molecule has 0 radical (unpaired) electrons. The number of nitrogens with zero attached hydrogens (tertiary/aromatic N) is 2. The van der Waals surface area contributed by atoms with E-state index in [9.17, 15) is 9.90 Å². The minimum atomic E-state index is -0.377. The maximum atomic E-state index is 12.4. The minimum Gasteiger partial charge on any atom is -0.457 e. The molecule has 0 aromatic heterocycles. The molecule has 2 atom stereocenters. The molecule has 1 heterocycles. The third kappa shape index (κ3) is 5.38. The monoisotopic (exact) mass is 432 g/mol. The van der Waals surface area contributed by atoms with E-state index in [1.165, 1.54) is 0 Å². The van der Waals surface area contributed by atoms with Gasteiger partial charge in [-0.2, -0.15) is 0 Å². The molecule has 1 fully saturated rings. The minimum absolute atomic E-state index is 0.114. The van der Waals surface area contributed by atoms with Crippen molar-refractivity contribution >= 4 is 23.1 Å². The van der Waals surface area contributed by atoms with E-state index in [0.29, 0.717) is 23.7 Å². The highest BCUT2D eigenvalue weighted by Gasteiger charge is 2.32. The molecular formula is C25H28N4O3. The lowest BCUT2D eigenvalue weighted by molar-refractivity contribution is 0.114. The maximum absolute atomic E-state index is 12.4. The highest BCUT2D eigenvalue weighted by molar-refractivity contribution is 5.99. The van der Waals surface area contributed by atoms with Crippen LogP contribution in [0.15, 0.2) is 78.9 Å². The summed E-state index contributed by atoms with van der Waals surface area (Å²) in [6.45, 7) is 1.37. The molecule has 0 spiro atoms. The van der Waals surface area contributed by atoms with Crippen molar-refractivity contribution < 1.29 is 14.6 Å². The number of nitrogens with one attached hydrogen (secondary N) is 2. The second-order valence-corrected chi connectivity index (χ2v) is 8.07. The molecule has 1 aliphatic heterocycles. The molecule has 1 aliphatic rings. The van der Waals surface area contributed by atoms with Crippen LogP contribution in [0.25, 0.3) is 0 Å². The van der Waals surface area contributed by atoms with Gasteiger partial charge in [0.05, 0.1) is 12.1 Å². The van der Waals surface area contributed by atoms with Crippen molar-refractivity contribution in [3.8, 4) is 11.5 Å². The molecule has 2 unspecified atom stereocenters. The number of benzene rings is 3. The zero-order chi connectivity index (χ0) is 22.5. The lowest BCUT2D eigenvalue weighted by atomic mass is 10.2. The predicted octanol–water partition coefficient (Wildman–Crippen LogP) is 4.23. The Morgan fingerprint density at radius 3 is 2.00 bits per heavy atom. The van der Waals surface area contributed by atoms with Crippen molar-refractivity contribution in [2.24, 2.45) is 0 Å². The first-order chi connectivity index (χ1) is 15.5. The van der Waals surface area contributed by atoms with E-state index in [-0.39, 0.29) is 18.2 Å². The first-order valence-corrected chi connectivity index (χ1v) is 10.6. The lowest BCUT2D eigenvalue weighted by Gasteiger charge is -2.22. The van der Waals surface area contributed by atoms with Crippen molar-refractivity contribution in [3.63, 3.8) is 0 Å². The molecule has 166 valence electrons. The van der Waals surface area contributed by atoms with E-state index in [2.05, 4.69) is 15.5 Å². The Morgan fingerprint density at radius 1 is 0.875 bits per heavy atom. The van der Waals surface area contributed by atoms with Gasteiger partial charge < -0.3 is 30.3 Å². The highest BCUT2D eigenvalue weighted by Crippen LogP contribution is 2.25. The fourth-order valence-corrected chi connectivity index (χ4v) is 3.77. The van der Waals surface area contributed by atoms with Crippen molar-refractivity contribution in [1.29, 1.82) is 0 Å². The molecular weight excluding hydrogens is 404 g/mol. The first-order valence-electron chi connectivity index (χ1n) is 10.6.